The zero-order valence-corrected chi connectivity index (χ0v) is 12.3. The molecule has 0 bridgehead atoms. The van der Waals surface area contributed by atoms with E-state index in [1.54, 1.807) is 0 Å². The van der Waals surface area contributed by atoms with Crippen molar-refractivity contribution in [3.8, 4) is 0 Å². The molecule has 0 radical (unpaired) electrons. The Labute approximate surface area is 126 Å². The third-order valence-corrected chi connectivity index (χ3v) is 3.74. The molecule has 0 spiro atoms. The minimum atomic E-state index is -1.30. The lowest BCUT2D eigenvalue weighted by molar-refractivity contribution is 0.0174. The minimum absolute atomic E-state index is 0.264. The normalized spacial score (nSPS) is 15.1. The van der Waals surface area contributed by atoms with E-state index in [2.05, 4.69) is 18.7 Å². The van der Waals surface area contributed by atoms with E-state index >= 15 is 0 Å². The fourth-order valence-electron chi connectivity index (χ4n) is 2.71. The van der Waals surface area contributed by atoms with Crippen molar-refractivity contribution in [1.82, 2.24) is 0 Å². The first-order valence-corrected chi connectivity index (χ1v) is 7.33. The monoisotopic (exact) mass is 281 g/mol. The Morgan fingerprint density at radius 3 is 2.19 bits per heavy atom. The van der Waals surface area contributed by atoms with Crippen LogP contribution < -0.4 is 5.73 Å². The second-order valence-electron chi connectivity index (χ2n) is 5.57. The molecule has 0 amide bonds. The van der Waals surface area contributed by atoms with E-state index < -0.39 is 5.72 Å². The molecule has 110 valence electrons. The Balaban J connectivity index is 2.10. The van der Waals surface area contributed by atoms with Gasteiger partial charge in [0.15, 0.2) is 0 Å². The van der Waals surface area contributed by atoms with Crippen LogP contribution in [0.15, 0.2) is 73.3 Å². The molecule has 0 aliphatic heterocycles. The van der Waals surface area contributed by atoms with E-state index in [0.717, 1.165) is 18.4 Å². The van der Waals surface area contributed by atoms with Crippen molar-refractivity contribution in [1.29, 1.82) is 0 Å². The first-order valence-electron chi connectivity index (χ1n) is 7.33. The van der Waals surface area contributed by atoms with E-state index in [4.69, 9.17) is 5.73 Å². The highest BCUT2D eigenvalue weighted by Crippen LogP contribution is 2.27. The zero-order valence-electron chi connectivity index (χ0n) is 12.3. The lowest BCUT2D eigenvalue weighted by Crippen LogP contribution is -2.38. The van der Waals surface area contributed by atoms with Crippen molar-refractivity contribution in [2.24, 2.45) is 11.7 Å². The molecule has 1 unspecified atom stereocenters. The molecule has 0 saturated carbocycles. The number of allylic oxidation sites excluding steroid dienone is 1. The van der Waals surface area contributed by atoms with Gasteiger partial charge in [0.1, 0.15) is 5.72 Å². The summed E-state index contributed by atoms with van der Waals surface area (Å²) in [6, 6.07) is 19.7. The van der Waals surface area contributed by atoms with E-state index in [1.165, 1.54) is 5.56 Å². The maximum atomic E-state index is 10.6. The molecule has 0 saturated heterocycles. The predicted molar refractivity (Wildman–Crippen MR) is 87.6 cm³/mol. The molecule has 2 nitrogen and oxygen atoms in total. The molecule has 0 heterocycles. The summed E-state index contributed by atoms with van der Waals surface area (Å²) in [6.07, 6.45) is 4.13. The zero-order chi connectivity index (χ0) is 15.1. The maximum Gasteiger partial charge on any atom is 0.139 e. The van der Waals surface area contributed by atoms with Crippen molar-refractivity contribution < 1.29 is 5.11 Å². The summed E-state index contributed by atoms with van der Waals surface area (Å²) >= 11 is 0. The van der Waals surface area contributed by atoms with Crippen LogP contribution in [-0.4, -0.2) is 5.11 Å². The summed E-state index contributed by atoms with van der Waals surface area (Å²) < 4.78 is 0. The standard InChI is InChI=1S/C19H23NO/c1-2-9-17(14-16-10-5-3-6-11-16)15-19(20,21)18-12-7-4-8-13-18/h2-8,10-13,17,21H,1,9,14-15,20H2/t17?,19-/m1/s1. The molecule has 0 aliphatic rings. The molecule has 2 atom stereocenters. The van der Waals surface area contributed by atoms with Crippen molar-refractivity contribution in [2.75, 3.05) is 0 Å². The van der Waals surface area contributed by atoms with Gasteiger partial charge in [0.25, 0.3) is 0 Å². The Hall–Kier alpha value is -1.90. The molecule has 0 aliphatic carbocycles. The predicted octanol–water partition coefficient (Wildman–Crippen LogP) is 3.62. The van der Waals surface area contributed by atoms with E-state index in [0.29, 0.717) is 6.42 Å². The second kappa shape index (κ2) is 7.21. The van der Waals surface area contributed by atoms with Gasteiger partial charge >= 0.3 is 0 Å². The second-order valence-corrected chi connectivity index (χ2v) is 5.57. The lowest BCUT2D eigenvalue weighted by Gasteiger charge is -2.28. The van der Waals surface area contributed by atoms with Crippen LogP contribution in [0, 0.1) is 5.92 Å². The van der Waals surface area contributed by atoms with Gasteiger partial charge in [-0.2, -0.15) is 0 Å². The van der Waals surface area contributed by atoms with Crippen molar-refractivity contribution in [2.45, 2.75) is 25.0 Å². The van der Waals surface area contributed by atoms with E-state index in [9.17, 15) is 5.11 Å². The van der Waals surface area contributed by atoms with Gasteiger partial charge in [-0.1, -0.05) is 66.7 Å². The Morgan fingerprint density at radius 2 is 1.62 bits per heavy atom. The van der Waals surface area contributed by atoms with Crippen molar-refractivity contribution in [3.63, 3.8) is 0 Å². The van der Waals surface area contributed by atoms with Gasteiger partial charge in [-0.15, -0.1) is 6.58 Å². The average molecular weight is 281 g/mol. The smallest absolute Gasteiger partial charge is 0.139 e. The van der Waals surface area contributed by atoms with Crippen LogP contribution in [0.25, 0.3) is 0 Å². The molecule has 0 fully saturated rings. The molecule has 2 aromatic rings. The van der Waals surface area contributed by atoms with Crippen molar-refractivity contribution in [3.05, 3.63) is 84.4 Å². The van der Waals surface area contributed by atoms with Gasteiger partial charge in [-0.3, -0.25) is 5.73 Å². The first-order chi connectivity index (χ1) is 10.1. The molecule has 2 rings (SSSR count). The summed E-state index contributed by atoms with van der Waals surface area (Å²) in [4.78, 5) is 0. The van der Waals surface area contributed by atoms with Crippen LogP contribution in [0.5, 0.6) is 0 Å². The average Bonchev–Trinajstić information content (AvgIpc) is 2.49. The molecule has 2 aromatic carbocycles. The summed E-state index contributed by atoms with van der Waals surface area (Å²) in [5, 5.41) is 10.6. The summed E-state index contributed by atoms with van der Waals surface area (Å²) in [7, 11) is 0. The molecule has 0 aromatic heterocycles. The molecular formula is C19H23NO. The number of aliphatic hydroxyl groups is 1. The van der Waals surface area contributed by atoms with Gasteiger partial charge in [0.2, 0.25) is 0 Å². The number of benzene rings is 2. The summed E-state index contributed by atoms with van der Waals surface area (Å²) in [5.74, 6) is 0.264. The minimum Gasteiger partial charge on any atom is -0.372 e. The highest BCUT2D eigenvalue weighted by Gasteiger charge is 2.27. The van der Waals surface area contributed by atoms with Gasteiger partial charge in [0, 0.05) is 0 Å². The molecule has 2 heteroatoms. The quantitative estimate of drug-likeness (QED) is 0.601. The van der Waals surface area contributed by atoms with Crippen LogP contribution >= 0.6 is 0 Å². The molecular weight excluding hydrogens is 258 g/mol. The van der Waals surface area contributed by atoms with Crippen LogP contribution in [0.4, 0.5) is 0 Å². The van der Waals surface area contributed by atoms with Gasteiger partial charge in [-0.25, -0.2) is 0 Å². The third-order valence-electron chi connectivity index (χ3n) is 3.74. The molecule has 3 N–H and O–H groups in total. The SMILES string of the molecule is C=CCC(Cc1ccccc1)C[C@@](N)(O)c1ccccc1. The van der Waals surface area contributed by atoms with Gasteiger partial charge in [-0.05, 0) is 36.3 Å². The Kier molecular flexibility index (Phi) is 5.32. The third kappa shape index (κ3) is 4.55. The number of hydrogen-bond acceptors (Lipinski definition) is 2. The largest absolute Gasteiger partial charge is 0.372 e. The summed E-state index contributed by atoms with van der Waals surface area (Å²) in [5.41, 5.74) is 6.86. The van der Waals surface area contributed by atoms with Gasteiger partial charge < -0.3 is 5.11 Å². The highest BCUT2D eigenvalue weighted by molar-refractivity contribution is 5.21. The van der Waals surface area contributed by atoms with E-state index in [1.807, 2.05) is 54.6 Å². The Bertz CT molecular complexity index is 548. The number of nitrogens with two attached hydrogens (primary N) is 1. The highest BCUT2D eigenvalue weighted by atomic mass is 16.3. The molecule has 21 heavy (non-hydrogen) atoms. The van der Waals surface area contributed by atoms with Crippen LogP contribution in [0.3, 0.4) is 0 Å². The summed E-state index contributed by atoms with van der Waals surface area (Å²) in [6.45, 7) is 3.82. The van der Waals surface area contributed by atoms with Crippen LogP contribution in [0.2, 0.25) is 0 Å². The maximum absolute atomic E-state index is 10.6. The number of hydrogen-bond donors (Lipinski definition) is 2. The van der Waals surface area contributed by atoms with Crippen LogP contribution in [0.1, 0.15) is 24.0 Å². The topological polar surface area (TPSA) is 46.2 Å². The Morgan fingerprint density at radius 1 is 1.05 bits per heavy atom. The van der Waals surface area contributed by atoms with Gasteiger partial charge in [0.05, 0.1) is 0 Å². The fraction of sp³-hybridized carbons (Fsp3) is 0.263. The van der Waals surface area contributed by atoms with Crippen molar-refractivity contribution >= 4 is 0 Å². The van der Waals surface area contributed by atoms with E-state index in [-0.39, 0.29) is 5.92 Å². The van der Waals surface area contributed by atoms with Crippen LogP contribution in [-0.2, 0) is 12.1 Å². The first kappa shape index (κ1) is 15.5. The lowest BCUT2D eigenvalue weighted by atomic mass is 9.86. The number of rotatable bonds is 7. The fourth-order valence-corrected chi connectivity index (χ4v) is 2.71.